The summed E-state index contributed by atoms with van der Waals surface area (Å²) in [5, 5.41) is 2.60. The standard InChI is InChI=1S/C24H18N2O4S/c1-29-20-9-5-6-16(14-20)15-21-22(27)25-24(31)26(23(21)28)17-10-12-19(13-11-17)30-18-7-3-2-4-8-18/h2-15H,1H3,(H,25,27,31). The number of para-hydroxylation sites is 1. The molecule has 154 valence electrons. The lowest BCUT2D eigenvalue weighted by molar-refractivity contribution is -0.122. The van der Waals surface area contributed by atoms with Gasteiger partial charge in [-0.25, -0.2) is 0 Å². The second-order valence-electron chi connectivity index (χ2n) is 6.64. The Morgan fingerprint density at radius 1 is 0.871 bits per heavy atom. The van der Waals surface area contributed by atoms with Gasteiger partial charge in [0, 0.05) is 0 Å². The van der Waals surface area contributed by atoms with E-state index in [2.05, 4.69) is 5.32 Å². The fourth-order valence-electron chi connectivity index (χ4n) is 3.08. The molecule has 0 aromatic heterocycles. The number of nitrogens with zero attached hydrogens (tertiary/aromatic N) is 1. The largest absolute Gasteiger partial charge is 0.497 e. The summed E-state index contributed by atoms with van der Waals surface area (Å²) in [5.74, 6) is 0.892. The number of rotatable bonds is 5. The molecule has 1 heterocycles. The molecule has 0 aliphatic carbocycles. The Morgan fingerprint density at radius 2 is 1.55 bits per heavy atom. The first kappa shape index (κ1) is 20.3. The van der Waals surface area contributed by atoms with Crippen LogP contribution in [0.1, 0.15) is 5.56 Å². The van der Waals surface area contributed by atoms with Crippen LogP contribution in [0.5, 0.6) is 17.2 Å². The number of methoxy groups -OCH3 is 1. The molecule has 31 heavy (non-hydrogen) atoms. The molecule has 3 aromatic carbocycles. The van der Waals surface area contributed by atoms with Crippen molar-refractivity contribution in [1.82, 2.24) is 5.32 Å². The number of thiocarbonyl (C=S) groups is 1. The molecule has 3 aromatic rings. The van der Waals surface area contributed by atoms with Crippen molar-refractivity contribution in [2.24, 2.45) is 0 Å². The van der Waals surface area contributed by atoms with Gasteiger partial charge in [-0.2, -0.15) is 0 Å². The summed E-state index contributed by atoms with van der Waals surface area (Å²) in [5.41, 5.74) is 1.16. The minimum atomic E-state index is -0.543. The molecule has 0 atom stereocenters. The highest BCUT2D eigenvalue weighted by molar-refractivity contribution is 7.80. The van der Waals surface area contributed by atoms with E-state index in [1.54, 1.807) is 55.6 Å². The number of hydrogen-bond acceptors (Lipinski definition) is 5. The minimum absolute atomic E-state index is 0.0218. The minimum Gasteiger partial charge on any atom is -0.497 e. The Balaban J connectivity index is 1.60. The van der Waals surface area contributed by atoms with Crippen molar-refractivity contribution in [2.75, 3.05) is 12.0 Å². The van der Waals surface area contributed by atoms with Crippen molar-refractivity contribution in [2.45, 2.75) is 0 Å². The van der Waals surface area contributed by atoms with Crippen molar-refractivity contribution in [3.05, 3.63) is 90.0 Å². The van der Waals surface area contributed by atoms with Crippen molar-refractivity contribution < 1.29 is 19.1 Å². The Kier molecular flexibility index (Phi) is 5.77. The summed E-state index contributed by atoms with van der Waals surface area (Å²) in [4.78, 5) is 26.9. The van der Waals surface area contributed by atoms with Gasteiger partial charge in [0.15, 0.2) is 5.11 Å². The van der Waals surface area contributed by atoms with Gasteiger partial charge in [0.1, 0.15) is 22.8 Å². The van der Waals surface area contributed by atoms with Crippen molar-refractivity contribution in [3.63, 3.8) is 0 Å². The van der Waals surface area contributed by atoms with E-state index >= 15 is 0 Å². The van der Waals surface area contributed by atoms with Crippen LogP contribution in [0.2, 0.25) is 0 Å². The monoisotopic (exact) mass is 430 g/mol. The maximum Gasteiger partial charge on any atom is 0.270 e. The van der Waals surface area contributed by atoms with Crippen LogP contribution in [0, 0.1) is 0 Å². The topological polar surface area (TPSA) is 67.9 Å². The van der Waals surface area contributed by atoms with Crippen molar-refractivity contribution in [3.8, 4) is 17.2 Å². The first-order valence-corrected chi connectivity index (χ1v) is 9.84. The van der Waals surface area contributed by atoms with Gasteiger partial charge in [0.05, 0.1) is 12.8 Å². The van der Waals surface area contributed by atoms with Crippen LogP contribution in [0.25, 0.3) is 6.08 Å². The molecule has 1 aliphatic rings. The second-order valence-corrected chi connectivity index (χ2v) is 7.03. The van der Waals surface area contributed by atoms with Crippen LogP contribution in [0.3, 0.4) is 0 Å². The summed E-state index contributed by atoms with van der Waals surface area (Å²) in [6.07, 6.45) is 1.52. The number of nitrogens with one attached hydrogen (secondary N) is 1. The van der Waals surface area contributed by atoms with Gasteiger partial charge in [0.25, 0.3) is 11.8 Å². The van der Waals surface area contributed by atoms with Gasteiger partial charge in [-0.15, -0.1) is 0 Å². The summed E-state index contributed by atoms with van der Waals surface area (Å²) in [6, 6.07) is 23.3. The Hall–Kier alpha value is -3.97. The summed E-state index contributed by atoms with van der Waals surface area (Å²) >= 11 is 5.25. The maximum atomic E-state index is 13.1. The fraction of sp³-hybridized carbons (Fsp3) is 0.0417. The van der Waals surface area contributed by atoms with E-state index < -0.39 is 11.8 Å². The highest BCUT2D eigenvalue weighted by Crippen LogP contribution is 2.27. The second kappa shape index (κ2) is 8.81. The Morgan fingerprint density at radius 3 is 2.26 bits per heavy atom. The van der Waals surface area contributed by atoms with Gasteiger partial charge in [0.2, 0.25) is 0 Å². The molecule has 1 aliphatic heterocycles. The van der Waals surface area contributed by atoms with Gasteiger partial charge in [-0.1, -0.05) is 30.3 Å². The van der Waals surface area contributed by atoms with Crippen LogP contribution >= 0.6 is 12.2 Å². The lowest BCUT2D eigenvalue weighted by atomic mass is 10.1. The molecule has 4 rings (SSSR count). The van der Waals surface area contributed by atoms with E-state index in [1.165, 1.54) is 11.0 Å². The van der Waals surface area contributed by atoms with E-state index in [1.807, 2.05) is 30.3 Å². The molecular weight excluding hydrogens is 412 g/mol. The number of ether oxygens (including phenoxy) is 2. The van der Waals surface area contributed by atoms with Crippen LogP contribution in [0.15, 0.2) is 84.4 Å². The van der Waals surface area contributed by atoms with Gasteiger partial charge in [-0.3, -0.25) is 19.8 Å². The average molecular weight is 430 g/mol. The molecule has 0 bridgehead atoms. The van der Waals surface area contributed by atoms with Crippen LogP contribution in [-0.4, -0.2) is 24.0 Å². The van der Waals surface area contributed by atoms with E-state index in [0.29, 0.717) is 28.5 Å². The molecule has 2 amide bonds. The molecule has 7 heteroatoms. The fourth-order valence-corrected chi connectivity index (χ4v) is 3.36. The number of carbonyl (C=O) groups excluding carboxylic acids is 2. The molecule has 0 spiro atoms. The number of benzene rings is 3. The normalized spacial score (nSPS) is 15.1. The zero-order chi connectivity index (χ0) is 21.8. The third-order valence-corrected chi connectivity index (χ3v) is 4.86. The number of hydrogen-bond donors (Lipinski definition) is 1. The van der Waals surface area contributed by atoms with E-state index in [0.717, 1.165) is 0 Å². The Bertz CT molecular complexity index is 1170. The molecular formula is C24H18N2O4S. The molecule has 1 N–H and O–H groups in total. The number of amides is 2. The first-order chi connectivity index (χ1) is 15.0. The molecule has 0 radical (unpaired) electrons. The van der Waals surface area contributed by atoms with Gasteiger partial charge < -0.3 is 9.47 Å². The third kappa shape index (κ3) is 4.46. The maximum absolute atomic E-state index is 13.1. The predicted octanol–water partition coefficient (Wildman–Crippen LogP) is 4.32. The average Bonchev–Trinajstić information content (AvgIpc) is 2.78. The zero-order valence-corrected chi connectivity index (χ0v) is 17.4. The number of anilines is 1. The molecule has 0 saturated carbocycles. The molecule has 1 fully saturated rings. The van der Waals surface area contributed by atoms with Crippen molar-refractivity contribution in [1.29, 1.82) is 0 Å². The SMILES string of the molecule is COc1cccc(C=C2C(=O)NC(=S)N(c3ccc(Oc4ccccc4)cc3)C2=O)c1. The highest BCUT2D eigenvalue weighted by Gasteiger charge is 2.34. The zero-order valence-electron chi connectivity index (χ0n) is 16.6. The van der Waals surface area contributed by atoms with E-state index in [9.17, 15) is 9.59 Å². The van der Waals surface area contributed by atoms with Crippen LogP contribution < -0.4 is 19.7 Å². The predicted molar refractivity (Wildman–Crippen MR) is 122 cm³/mol. The lowest BCUT2D eigenvalue weighted by Gasteiger charge is -2.29. The third-order valence-electron chi connectivity index (χ3n) is 4.58. The molecule has 0 unspecified atom stereocenters. The van der Waals surface area contributed by atoms with E-state index in [-0.39, 0.29) is 10.7 Å². The molecule has 1 saturated heterocycles. The van der Waals surface area contributed by atoms with Crippen LogP contribution in [0.4, 0.5) is 5.69 Å². The van der Waals surface area contributed by atoms with Crippen LogP contribution in [-0.2, 0) is 9.59 Å². The van der Waals surface area contributed by atoms with Gasteiger partial charge >= 0.3 is 0 Å². The highest BCUT2D eigenvalue weighted by atomic mass is 32.1. The van der Waals surface area contributed by atoms with E-state index in [4.69, 9.17) is 21.7 Å². The Labute approximate surface area is 184 Å². The summed E-state index contributed by atoms with van der Waals surface area (Å²) in [6.45, 7) is 0. The molecule has 6 nitrogen and oxygen atoms in total. The van der Waals surface area contributed by atoms with Crippen molar-refractivity contribution >= 4 is 40.9 Å². The summed E-state index contributed by atoms with van der Waals surface area (Å²) in [7, 11) is 1.55. The summed E-state index contributed by atoms with van der Waals surface area (Å²) < 4.78 is 11.0. The van der Waals surface area contributed by atoms with Gasteiger partial charge in [-0.05, 0) is 72.4 Å². The quantitative estimate of drug-likeness (QED) is 0.371. The first-order valence-electron chi connectivity index (χ1n) is 9.43. The lowest BCUT2D eigenvalue weighted by Crippen LogP contribution is -2.54. The number of carbonyl (C=O) groups is 2. The smallest absolute Gasteiger partial charge is 0.270 e.